The van der Waals surface area contributed by atoms with Gasteiger partial charge in [-0.15, -0.1) is 0 Å². The van der Waals surface area contributed by atoms with Crippen molar-refractivity contribution in [3.05, 3.63) is 48.7 Å². The van der Waals surface area contributed by atoms with Gasteiger partial charge in [0.2, 0.25) is 0 Å². The topological polar surface area (TPSA) is 87.9 Å². The quantitative estimate of drug-likeness (QED) is 0.684. The average molecular weight is 218 g/mol. The molecule has 0 fully saturated rings. The summed E-state index contributed by atoms with van der Waals surface area (Å²) >= 11 is 0. The van der Waals surface area contributed by atoms with Gasteiger partial charge in [0.1, 0.15) is 13.7 Å². The number of anilines is 2. The molecule has 0 saturated carbocycles. The van der Waals surface area contributed by atoms with Gasteiger partial charge in [-0.1, -0.05) is 23.7 Å². The molecule has 2 rings (SSSR count). The highest BCUT2D eigenvalue weighted by Crippen LogP contribution is 2.11. The molecule has 84 valence electrons. The normalized spacial score (nSPS) is 8.50. The van der Waals surface area contributed by atoms with Crippen molar-refractivity contribution in [3.8, 4) is 0 Å². The molecule has 0 atom stereocenters. The highest BCUT2D eigenvalue weighted by atomic mass is 16.0. The smallest absolute Gasteiger partial charge is 0.139 e. The Bertz CT molecular complexity index is 423. The maximum atomic E-state index is 4.19. The predicted molar refractivity (Wildman–Crippen MR) is 69.4 cm³/mol. The minimum atomic E-state index is 0. The molecule has 0 bridgehead atoms. The monoisotopic (exact) mass is 218 g/mol. The van der Waals surface area contributed by atoms with Gasteiger partial charge in [0.25, 0.3) is 0 Å². The average Bonchev–Trinajstić information content (AvgIpc) is 2.19. The lowest BCUT2D eigenvalue weighted by atomic mass is 9.96. The SMILES string of the molecule is Bc1cccc(Nc2ccccn2)c1.O.O. The number of benzene rings is 1. The van der Waals surface area contributed by atoms with Gasteiger partial charge in [-0.3, -0.25) is 0 Å². The summed E-state index contributed by atoms with van der Waals surface area (Å²) in [6, 6.07) is 14.0. The number of rotatable bonds is 2. The molecule has 0 spiro atoms. The fourth-order valence-electron chi connectivity index (χ4n) is 1.31. The van der Waals surface area contributed by atoms with Crippen LogP contribution in [0.2, 0.25) is 0 Å². The van der Waals surface area contributed by atoms with Crippen LogP contribution in [0.25, 0.3) is 0 Å². The van der Waals surface area contributed by atoms with Crippen LogP contribution in [0, 0.1) is 0 Å². The Hall–Kier alpha value is -1.85. The third kappa shape index (κ3) is 3.72. The second kappa shape index (κ2) is 6.60. The molecule has 0 aliphatic carbocycles. The first-order chi connectivity index (χ1) is 6.84. The Kier molecular flexibility index (Phi) is 5.84. The van der Waals surface area contributed by atoms with Crippen molar-refractivity contribution >= 4 is 24.8 Å². The van der Waals surface area contributed by atoms with Crippen LogP contribution in [-0.4, -0.2) is 23.8 Å². The van der Waals surface area contributed by atoms with Gasteiger partial charge in [-0.05, 0) is 24.3 Å². The highest BCUT2D eigenvalue weighted by molar-refractivity contribution is 6.32. The van der Waals surface area contributed by atoms with Crippen molar-refractivity contribution in [3.63, 3.8) is 0 Å². The standard InChI is InChI=1S/C11H11BN2.2H2O/c12-9-4-3-5-10(8-9)14-11-6-1-2-7-13-11;;/h1-8H,12H2,(H,13,14);2*1H2. The second-order valence-corrected chi connectivity index (χ2v) is 3.21. The van der Waals surface area contributed by atoms with Crippen LogP contribution in [0.1, 0.15) is 0 Å². The number of hydrogen-bond acceptors (Lipinski definition) is 2. The van der Waals surface area contributed by atoms with E-state index in [0.717, 1.165) is 11.5 Å². The minimum absolute atomic E-state index is 0. The van der Waals surface area contributed by atoms with E-state index < -0.39 is 0 Å². The zero-order chi connectivity index (χ0) is 9.80. The molecule has 0 unspecified atom stereocenters. The van der Waals surface area contributed by atoms with Crippen molar-refractivity contribution in [1.82, 2.24) is 4.98 Å². The van der Waals surface area contributed by atoms with Crippen molar-refractivity contribution in [1.29, 1.82) is 0 Å². The Balaban J connectivity index is 0.00000112. The summed E-state index contributed by atoms with van der Waals surface area (Å²) in [4.78, 5) is 4.19. The van der Waals surface area contributed by atoms with E-state index in [1.807, 2.05) is 30.3 Å². The van der Waals surface area contributed by atoms with Crippen molar-refractivity contribution < 1.29 is 11.0 Å². The summed E-state index contributed by atoms with van der Waals surface area (Å²) in [5.74, 6) is 0.873. The summed E-state index contributed by atoms with van der Waals surface area (Å²) in [7, 11) is 2.07. The predicted octanol–water partition coefficient (Wildman–Crippen LogP) is -0.566. The number of hydrogen-bond donors (Lipinski definition) is 1. The first-order valence-corrected chi connectivity index (χ1v) is 4.59. The largest absolute Gasteiger partial charge is 0.412 e. The Morgan fingerprint density at radius 2 is 1.81 bits per heavy atom. The van der Waals surface area contributed by atoms with Crippen LogP contribution in [0.15, 0.2) is 48.7 Å². The molecule has 5 heteroatoms. The van der Waals surface area contributed by atoms with E-state index in [1.54, 1.807) is 6.20 Å². The van der Waals surface area contributed by atoms with Crippen LogP contribution < -0.4 is 10.8 Å². The molecule has 1 aromatic carbocycles. The fraction of sp³-hybridized carbons (Fsp3) is 0. The Morgan fingerprint density at radius 1 is 1.00 bits per heavy atom. The molecular formula is C11H15BN2O2. The molecular weight excluding hydrogens is 203 g/mol. The van der Waals surface area contributed by atoms with E-state index >= 15 is 0 Å². The van der Waals surface area contributed by atoms with Crippen LogP contribution in [0.4, 0.5) is 11.5 Å². The zero-order valence-corrected chi connectivity index (χ0v) is 9.07. The second-order valence-electron chi connectivity index (χ2n) is 3.21. The number of pyridine rings is 1. The Labute approximate surface area is 95.4 Å². The third-order valence-corrected chi connectivity index (χ3v) is 1.96. The molecule has 5 N–H and O–H groups in total. The molecule has 0 saturated heterocycles. The maximum Gasteiger partial charge on any atom is 0.139 e. The molecule has 0 aliphatic heterocycles. The lowest BCUT2D eigenvalue weighted by Crippen LogP contribution is -2.02. The van der Waals surface area contributed by atoms with E-state index in [4.69, 9.17) is 0 Å². The molecule has 2 aromatic rings. The molecule has 0 radical (unpaired) electrons. The summed E-state index contributed by atoms with van der Waals surface area (Å²) < 4.78 is 0. The van der Waals surface area contributed by atoms with Crippen LogP contribution in [0.5, 0.6) is 0 Å². The van der Waals surface area contributed by atoms with Crippen LogP contribution in [0.3, 0.4) is 0 Å². The summed E-state index contributed by atoms with van der Waals surface area (Å²) in [6.45, 7) is 0. The Morgan fingerprint density at radius 3 is 2.44 bits per heavy atom. The molecule has 1 aromatic heterocycles. The zero-order valence-electron chi connectivity index (χ0n) is 9.07. The van der Waals surface area contributed by atoms with Crippen molar-refractivity contribution in [2.24, 2.45) is 0 Å². The summed E-state index contributed by atoms with van der Waals surface area (Å²) in [5.41, 5.74) is 2.31. The highest BCUT2D eigenvalue weighted by Gasteiger charge is 1.93. The van der Waals surface area contributed by atoms with Crippen molar-refractivity contribution in [2.75, 3.05) is 5.32 Å². The van der Waals surface area contributed by atoms with E-state index in [9.17, 15) is 0 Å². The molecule has 1 heterocycles. The summed E-state index contributed by atoms with van der Waals surface area (Å²) in [6.07, 6.45) is 1.78. The van der Waals surface area contributed by atoms with E-state index in [1.165, 1.54) is 5.46 Å². The molecule has 16 heavy (non-hydrogen) atoms. The lowest BCUT2D eigenvalue weighted by molar-refractivity contribution is 0.823. The summed E-state index contributed by atoms with van der Waals surface area (Å²) in [5, 5.41) is 3.23. The van der Waals surface area contributed by atoms with E-state index in [0.29, 0.717) is 0 Å². The molecule has 4 nitrogen and oxygen atoms in total. The lowest BCUT2D eigenvalue weighted by Gasteiger charge is -2.05. The van der Waals surface area contributed by atoms with Gasteiger partial charge < -0.3 is 16.3 Å². The van der Waals surface area contributed by atoms with Gasteiger partial charge in [0, 0.05) is 11.9 Å². The van der Waals surface area contributed by atoms with Gasteiger partial charge in [-0.2, -0.15) is 0 Å². The van der Waals surface area contributed by atoms with Gasteiger partial charge in [-0.25, -0.2) is 4.98 Å². The first kappa shape index (κ1) is 14.2. The third-order valence-electron chi connectivity index (χ3n) is 1.96. The molecule has 0 amide bonds. The van der Waals surface area contributed by atoms with Gasteiger partial charge in [0.15, 0.2) is 0 Å². The van der Waals surface area contributed by atoms with Crippen LogP contribution in [-0.2, 0) is 0 Å². The number of nitrogens with one attached hydrogen (secondary N) is 1. The molecule has 0 aliphatic rings. The van der Waals surface area contributed by atoms with E-state index in [-0.39, 0.29) is 11.0 Å². The van der Waals surface area contributed by atoms with Gasteiger partial charge >= 0.3 is 0 Å². The van der Waals surface area contributed by atoms with Crippen LogP contribution >= 0.6 is 0 Å². The number of aromatic nitrogens is 1. The number of nitrogens with zero attached hydrogens (tertiary/aromatic N) is 1. The van der Waals surface area contributed by atoms with Crippen molar-refractivity contribution in [2.45, 2.75) is 0 Å². The minimum Gasteiger partial charge on any atom is -0.412 e. The maximum absolute atomic E-state index is 4.19. The van der Waals surface area contributed by atoms with Gasteiger partial charge in [0.05, 0.1) is 0 Å². The first-order valence-electron chi connectivity index (χ1n) is 4.59. The van der Waals surface area contributed by atoms with E-state index in [2.05, 4.69) is 30.3 Å². The fourth-order valence-corrected chi connectivity index (χ4v) is 1.31.